The van der Waals surface area contributed by atoms with Gasteiger partial charge in [0.15, 0.2) is 0 Å². The molecule has 4 nitrogen and oxygen atoms in total. The molecule has 1 N–H and O–H groups in total. The lowest BCUT2D eigenvalue weighted by atomic mass is 10.2. The van der Waals surface area contributed by atoms with Crippen LogP contribution < -0.4 is 5.32 Å². The number of rotatable bonds is 2. The first kappa shape index (κ1) is 13.2. The Kier molecular flexibility index (Phi) is 3.93. The lowest BCUT2D eigenvalue weighted by molar-refractivity contribution is 0.102. The number of nitrogens with one attached hydrogen (secondary N) is 1. The summed E-state index contributed by atoms with van der Waals surface area (Å²) >= 11 is 3.33. The van der Waals surface area contributed by atoms with Gasteiger partial charge in [0.25, 0.3) is 5.91 Å². The van der Waals surface area contributed by atoms with E-state index >= 15 is 0 Å². The average molecular weight is 316 g/mol. The fourth-order valence-corrected chi connectivity index (χ4v) is 2.15. The van der Waals surface area contributed by atoms with E-state index in [2.05, 4.69) is 26.2 Å². The molecule has 0 unspecified atom stereocenters. The second-order valence-corrected chi connectivity index (χ2v) is 4.87. The van der Waals surface area contributed by atoms with E-state index in [-0.39, 0.29) is 5.91 Å². The summed E-state index contributed by atoms with van der Waals surface area (Å²) in [7, 11) is 0. The van der Waals surface area contributed by atoms with E-state index in [0.29, 0.717) is 16.9 Å². The Morgan fingerprint density at radius 2 is 2.16 bits per heavy atom. The molecule has 1 aromatic carbocycles. The van der Waals surface area contributed by atoms with Gasteiger partial charge < -0.3 is 5.32 Å². The summed E-state index contributed by atoms with van der Waals surface area (Å²) in [5, 5.41) is 11.5. The van der Waals surface area contributed by atoms with E-state index in [1.165, 1.54) is 0 Å². The summed E-state index contributed by atoms with van der Waals surface area (Å²) in [4.78, 5) is 16.2. The van der Waals surface area contributed by atoms with Gasteiger partial charge in [-0.25, -0.2) is 4.98 Å². The topological polar surface area (TPSA) is 65.8 Å². The van der Waals surface area contributed by atoms with Crippen LogP contribution in [0.3, 0.4) is 0 Å². The summed E-state index contributed by atoms with van der Waals surface area (Å²) in [6.07, 6.45) is 0. The van der Waals surface area contributed by atoms with Crippen molar-refractivity contribution >= 4 is 27.5 Å². The summed E-state index contributed by atoms with van der Waals surface area (Å²) in [5.41, 5.74) is 2.15. The smallest absolute Gasteiger partial charge is 0.274 e. The van der Waals surface area contributed by atoms with Gasteiger partial charge >= 0.3 is 0 Å². The van der Waals surface area contributed by atoms with Crippen LogP contribution in [0.5, 0.6) is 0 Å². The van der Waals surface area contributed by atoms with Crippen molar-refractivity contribution in [3.8, 4) is 6.07 Å². The zero-order chi connectivity index (χ0) is 13.8. The Hall–Kier alpha value is -2.19. The second kappa shape index (κ2) is 5.63. The molecule has 0 bridgehead atoms. The summed E-state index contributed by atoms with van der Waals surface area (Å²) < 4.78 is 0.802. The van der Waals surface area contributed by atoms with E-state index in [9.17, 15) is 4.79 Å². The molecule has 19 heavy (non-hydrogen) atoms. The predicted octanol–water partition coefficient (Wildman–Crippen LogP) is 3.28. The first-order chi connectivity index (χ1) is 9.08. The lowest BCUT2D eigenvalue weighted by Crippen LogP contribution is -2.14. The predicted molar refractivity (Wildman–Crippen MR) is 75.8 cm³/mol. The van der Waals surface area contributed by atoms with Crippen LogP contribution in [0.25, 0.3) is 0 Å². The molecule has 2 aromatic rings. The maximum Gasteiger partial charge on any atom is 0.274 e. The van der Waals surface area contributed by atoms with Crippen molar-refractivity contribution in [3.05, 3.63) is 57.8 Å². The van der Waals surface area contributed by atoms with Gasteiger partial charge in [0.05, 0.1) is 11.6 Å². The van der Waals surface area contributed by atoms with Crippen LogP contribution in [0.15, 0.2) is 40.9 Å². The summed E-state index contributed by atoms with van der Waals surface area (Å²) in [6.45, 7) is 1.82. The van der Waals surface area contributed by atoms with E-state index < -0.39 is 0 Å². The standard InChI is InChI=1S/C14H10BrN3O/c1-9-5-11(15)7-13(17-9)14(19)18-12-4-2-3-10(6-12)8-16/h2-7H,1H3,(H,18,19). The highest BCUT2D eigenvalue weighted by atomic mass is 79.9. The Labute approximate surface area is 119 Å². The minimum absolute atomic E-state index is 0.306. The van der Waals surface area contributed by atoms with Crippen molar-refractivity contribution in [3.63, 3.8) is 0 Å². The van der Waals surface area contributed by atoms with Crippen molar-refractivity contribution < 1.29 is 4.79 Å². The van der Waals surface area contributed by atoms with Crippen LogP contribution >= 0.6 is 15.9 Å². The van der Waals surface area contributed by atoms with Gasteiger partial charge in [-0.15, -0.1) is 0 Å². The average Bonchev–Trinajstić information content (AvgIpc) is 2.37. The van der Waals surface area contributed by atoms with Crippen LogP contribution in [0.1, 0.15) is 21.7 Å². The number of hydrogen-bond acceptors (Lipinski definition) is 3. The third-order valence-electron chi connectivity index (χ3n) is 2.40. The monoisotopic (exact) mass is 315 g/mol. The molecule has 0 aliphatic rings. The van der Waals surface area contributed by atoms with Crippen LogP contribution in [-0.4, -0.2) is 10.9 Å². The highest BCUT2D eigenvalue weighted by Gasteiger charge is 2.09. The number of nitrogens with zero attached hydrogens (tertiary/aromatic N) is 2. The van der Waals surface area contributed by atoms with Crippen LogP contribution in [0.2, 0.25) is 0 Å². The van der Waals surface area contributed by atoms with Crippen molar-refractivity contribution in [2.24, 2.45) is 0 Å². The molecule has 2 rings (SSSR count). The molecule has 0 saturated carbocycles. The molecule has 1 heterocycles. The number of carbonyl (C=O) groups is 1. The van der Waals surface area contributed by atoms with E-state index in [0.717, 1.165) is 10.2 Å². The number of amides is 1. The largest absolute Gasteiger partial charge is 0.321 e. The number of halogens is 1. The first-order valence-corrected chi connectivity index (χ1v) is 6.33. The Morgan fingerprint density at radius 1 is 1.37 bits per heavy atom. The molecule has 0 fully saturated rings. The zero-order valence-electron chi connectivity index (χ0n) is 10.1. The Morgan fingerprint density at radius 3 is 2.84 bits per heavy atom. The molecule has 0 saturated heterocycles. The molecule has 1 aromatic heterocycles. The highest BCUT2D eigenvalue weighted by Crippen LogP contribution is 2.15. The molecular weight excluding hydrogens is 306 g/mol. The number of pyridine rings is 1. The maximum atomic E-state index is 12.0. The second-order valence-electron chi connectivity index (χ2n) is 3.96. The zero-order valence-corrected chi connectivity index (χ0v) is 11.7. The van der Waals surface area contributed by atoms with Gasteiger partial charge in [-0.2, -0.15) is 5.26 Å². The lowest BCUT2D eigenvalue weighted by Gasteiger charge is -2.06. The molecule has 0 spiro atoms. The minimum Gasteiger partial charge on any atom is -0.321 e. The highest BCUT2D eigenvalue weighted by molar-refractivity contribution is 9.10. The fourth-order valence-electron chi connectivity index (χ4n) is 1.60. The normalized spacial score (nSPS) is 9.74. The summed E-state index contributed by atoms with van der Waals surface area (Å²) in [6, 6.07) is 12.2. The first-order valence-electron chi connectivity index (χ1n) is 5.54. The maximum absolute atomic E-state index is 12.0. The quantitative estimate of drug-likeness (QED) is 0.924. The Bertz CT molecular complexity index is 656. The third-order valence-corrected chi connectivity index (χ3v) is 2.86. The molecule has 1 amide bonds. The molecular formula is C14H10BrN3O. The molecule has 0 radical (unpaired) electrons. The van der Waals surface area contributed by atoms with Gasteiger partial charge in [0.2, 0.25) is 0 Å². The number of hydrogen-bond donors (Lipinski definition) is 1. The fraction of sp³-hybridized carbons (Fsp3) is 0.0714. The number of aryl methyl sites for hydroxylation is 1. The molecule has 0 atom stereocenters. The van der Waals surface area contributed by atoms with Gasteiger partial charge in [-0.05, 0) is 37.3 Å². The molecule has 94 valence electrons. The van der Waals surface area contributed by atoms with E-state index in [1.807, 2.05) is 19.1 Å². The summed E-state index contributed by atoms with van der Waals surface area (Å²) in [5.74, 6) is -0.306. The molecule has 0 aliphatic carbocycles. The van der Waals surface area contributed by atoms with Crippen molar-refractivity contribution in [1.29, 1.82) is 5.26 Å². The number of benzene rings is 1. The van der Waals surface area contributed by atoms with Crippen molar-refractivity contribution in [2.75, 3.05) is 5.32 Å². The van der Waals surface area contributed by atoms with Gasteiger partial charge in [0.1, 0.15) is 5.69 Å². The van der Waals surface area contributed by atoms with Crippen LogP contribution in [-0.2, 0) is 0 Å². The van der Waals surface area contributed by atoms with Crippen molar-refractivity contribution in [1.82, 2.24) is 4.98 Å². The molecule has 0 aliphatic heterocycles. The van der Waals surface area contributed by atoms with Crippen LogP contribution in [0, 0.1) is 18.3 Å². The number of anilines is 1. The van der Waals surface area contributed by atoms with E-state index in [4.69, 9.17) is 5.26 Å². The van der Waals surface area contributed by atoms with Gasteiger partial charge in [0, 0.05) is 15.9 Å². The van der Waals surface area contributed by atoms with Gasteiger partial charge in [-0.1, -0.05) is 22.0 Å². The van der Waals surface area contributed by atoms with Gasteiger partial charge in [-0.3, -0.25) is 4.79 Å². The SMILES string of the molecule is Cc1cc(Br)cc(C(=O)Nc2cccc(C#N)c2)n1. The number of aromatic nitrogens is 1. The number of carbonyl (C=O) groups excluding carboxylic acids is 1. The third kappa shape index (κ3) is 3.39. The Balaban J connectivity index is 2.23. The van der Waals surface area contributed by atoms with Crippen molar-refractivity contribution in [2.45, 2.75) is 6.92 Å². The van der Waals surface area contributed by atoms with Crippen LogP contribution in [0.4, 0.5) is 5.69 Å². The number of nitriles is 1. The minimum atomic E-state index is -0.306. The molecule has 5 heteroatoms. The van der Waals surface area contributed by atoms with E-state index in [1.54, 1.807) is 30.3 Å².